The van der Waals surface area contributed by atoms with E-state index in [1.165, 1.54) is 26.4 Å². The number of carbonyl (C=O) groups is 1. The van der Waals surface area contributed by atoms with Crippen molar-refractivity contribution in [1.29, 1.82) is 0 Å². The normalized spacial score (nSPS) is 11.1. The minimum absolute atomic E-state index is 0.387. The number of aliphatic carboxylic acids is 1. The first-order valence-corrected chi connectivity index (χ1v) is 4.41. The third kappa shape index (κ3) is 2.73. The fourth-order valence-corrected chi connectivity index (χ4v) is 1.15. The SMILES string of the molecule is COc1ccc(/C=C(\F)C(=O)O)cc1OC. The van der Waals surface area contributed by atoms with E-state index in [4.69, 9.17) is 14.6 Å². The van der Waals surface area contributed by atoms with Crippen LogP contribution in [0.25, 0.3) is 6.08 Å². The average Bonchev–Trinajstić information content (AvgIpc) is 2.28. The van der Waals surface area contributed by atoms with Gasteiger partial charge in [-0.3, -0.25) is 0 Å². The van der Waals surface area contributed by atoms with Gasteiger partial charge < -0.3 is 14.6 Å². The maximum Gasteiger partial charge on any atom is 0.364 e. The van der Waals surface area contributed by atoms with Crippen molar-refractivity contribution in [2.75, 3.05) is 14.2 Å². The van der Waals surface area contributed by atoms with Gasteiger partial charge in [0.1, 0.15) is 0 Å². The molecule has 16 heavy (non-hydrogen) atoms. The molecule has 0 unspecified atom stereocenters. The minimum atomic E-state index is -1.60. The monoisotopic (exact) mass is 226 g/mol. The minimum Gasteiger partial charge on any atom is -0.493 e. The van der Waals surface area contributed by atoms with E-state index in [9.17, 15) is 9.18 Å². The molecule has 86 valence electrons. The van der Waals surface area contributed by atoms with Crippen LogP contribution in [0, 0.1) is 0 Å². The molecule has 0 aliphatic heterocycles. The van der Waals surface area contributed by atoms with Crippen LogP contribution in [0.1, 0.15) is 5.56 Å². The molecule has 1 N–H and O–H groups in total. The van der Waals surface area contributed by atoms with Crippen LogP contribution < -0.4 is 9.47 Å². The zero-order valence-electron chi connectivity index (χ0n) is 8.86. The first kappa shape index (κ1) is 12.0. The van der Waals surface area contributed by atoms with Crippen molar-refractivity contribution in [3.63, 3.8) is 0 Å². The Kier molecular flexibility index (Phi) is 3.88. The molecule has 0 saturated carbocycles. The molecule has 0 amide bonds. The fourth-order valence-electron chi connectivity index (χ4n) is 1.15. The number of methoxy groups -OCH3 is 2. The molecule has 0 radical (unpaired) electrons. The van der Waals surface area contributed by atoms with Gasteiger partial charge in [-0.2, -0.15) is 4.39 Å². The summed E-state index contributed by atoms with van der Waals surface area (Å²) in [6.45, 7) is 0. The molecule has 0 bridgehead atoms. The van der Waals surface area contributed by atoms with Gasteiger partial charge in [0, 0.05) is 0 Å². The van der Waals surface area contributed by atoms with E-state index in [0.29, 0.717) is 17.1 Å². The first-order valence-electron chi connectivity index (χ1n) is 4.41. The van der Waals surface area contributed by atoms with Gasteiger partial charge in [-0.1, -0.05) is 6.07 Å². The van der Waals surface area contributed by atoms with Crippen molar-refractivity contribution < 1.29 is 23.8 Å². The van der Waals surface area contributed by atoms with Crippen molar-refractivity contribution >= 4 is 12.0 Å². The van der Waals surface area contributed by atoms with Gasteiger partial charge in [-0.25, -0.2) is 4.79 Å². The Balaban J connectivity index is 3.09. The Morgan fingerprint density at radius 3 is 2.44 bits per heavy atom. The Morgan fingerprint density at radius 1 is 1.31 bits per heavy atom. The molecule has 0 heterocycles. The summed E-state index contributed by atoms with van der Waals surface area (Å²) in [4.78, 5) is 10.3. The van der Waals surface area contributed by atoms with Gasteiger partial charge in [-0.05, 0) is 23.8 Å². The van der Waals surface area contributed by atoms with Crippen LogP contribution in [0.4, 0.5) is 4.39 Å². The summed E-state index contributed by atoms with van der Waals surface area (Å²) in [5.74, 6) is -1.92. The fraction of sp³-hybridized carbons (Fsp3) is 0.182. The first-order chi connectivity index (χ1) is 7.58. The predicted octanol–water partition coefficient (Wildman–Crippen LogP) is 2.10. The molecule has 1 aromatic rings. The molecule has 0 fully saturated rings. The van der Waals surface area contributed by atoms with Crippen molar-refractivity contribution in [3.8, 4) is 11.5 Å². The van der Waals surface area contributed by atoms with Crippen LogP contribution in [0.2, 0.25) is 0 Å². The molecule has 0 spiro atoms. The van der Waals surface area contributed by atoms with E-state index in [2.05, 4.69) is 0 Å². The van der Waals surface area contributed by atoms with Gasteiger partial charge in [0.15, 0.2) is 11.5 Å². The summed E-state index contributed by atoms with van der Waals surface area (Å²) in [5.41, 5.74) is 0.387. The number of rotatable bonds is 4. The number of carboxylic acids is 1. The lowest BCUT2D eigenvalue weighted by Gasteiger charge is -2.07. The lowest BCUT2D eigenvalue weighted by atomic mass is 10.2. The summed E-state index contributed by atoms with van der Waals surface area (Å²) in [7, 11) is 2.92. The van der Waals surface area contributed by atoms with E-state index >= 15 is 0 Å². The summed E-state index contributed by atoms with van der Waals surface area (Å²) < 4.78 is 22.8. The molecule has 4 nitrogen and oxygen atoms in total. The number of benzene rings is 1. The van der Waals surface area contributed by atoms with E-state index in [1.54, 1.807) is 6.07 Å². The second-order valence-electron chi connectivity index (χ2n) is 2.91. The van der Waals surface area contributed by atoms with Crippen molar-refractivity contribution in [1.82, 2.24) is 0 Å². The molecule has 0 saturated heterocycles. The zero-order valence-corrected chi connectivity index (χ0v) is 8.86. The molecule has 0 aliphatic carbocycles. The highest BCUT2D eigenvalue weighted by Gasteiger charge is 2.07. The highest BCUT2D eigenvalue weighted by Crippen LogP contribution is 2.28. The third-order valence-corrected chi connectivity index (χ3v) is 1.91. The van der Waals surface area contributed by atoms with Crippen LogP contribution in [0.5, 0.6) is 11.5 Å². The van der Waals surface area contributed by atoms with Crippen LogP contribution in [0.15, 0.2) is 24.0 Å². The van der Waals surface area contributed by atoms with Gasteiger partial charge in [0.2, 0.25) is 5.83 Å². The molecule has 0 aromatic heterocycles. The molecular formula is C11H11FO4. The van der Waals surface area contributed by atoms with E-state index in [0.717, 1.165) is 6.08 Å². The maximum atomic E-state index is 12.8. The summed E-state index contributed by atoms with van der Waals surface area (Å²) in [6.07, 6.45) is 0.907. The number of ether oxygens (including phenoxy) is 2. The van der Waals surface area contributed by atoms with Crippen molar-refractivity contribution in [2.24, 2.45) is 0 Å². The van der Waals surface area contributed by atoms with Crippen molar-refractivity contribution in [2.45, 2.75) is 0 Å². The van der Waals surface area contributed by atoms with Gasteiger partial charge >= 0.3 is 5.97 Å². The Bertz CT molecular complexity index is 426. The zero-order chi connectivity index (χ0) is 12.1. The topological polar surface area (TPSA) is 55.8 Å². The Morgan fingerprint density at radius 2 is 1.94 bits per heavy atom. The van der Waals surface area contributed by atoms with Gasteiger partial charge in [-0.15, -0.1) is 0 Å². The standard InChI is InChI=1S/C11H11FO4/c1-15-9-4-3-7(6-10(9)16-2)5-8(12)11(13)14/h3-6H,1-2H3,(H,13,14)/b8-5-. The molecular weight excluding hydrogens is 215 g/mol. The van der Waals surface area contributed by atoms with Gasteiger partial charge in [0.05, 0.1) is 14.2 Å². The van der Waals surface area contributed by atoms with Crippen LogP contribution in [-0.4, -0.2) is 25.3 Å². The largest absolute Gasteiger partial charge is 0.493 e. The average molecular weight is 226 g/mol. The highest BCUT2D eigenvalue weighted by molar-refractivity contribution is 5.89. The molecule has 0 atom stereocenters. The second-order valence-corrected chi connectivity index (χ2v) is 2.91. The summed E-state index contributed by atoms with van der Waals surface area (Å²) >= 11 is 0. The number of halogens is 1. The Labute approximate surface area is 91.9 Å². The summed E-state index contributed by atoms with van der Waals surface area (Å²) in [5, 5.41) is 8.37. The number of hydrogen-bond donors (Lipinski definition) is 1. The quantitative estimate of drug-likeness (QED) is 0.799. The molecule has 0 aliphatic rings. The molecule has 5 heteroatoms. The maximum absolute atomic E-state index is 12.8. The number of carboxylic acid groups (broad SMARTS) is 1. The van der Waals surface area contributed by atoms with Crippen LogP contribution in [0.3, 0.4) is 0 Å². The highest BCUT2D eigenvalue weighted by atomic mass is 19.1. The van der Waals surface area contributed by atoms with Crippen LogP contribution >= 0.6 is 0 Å². The number of hydrogen-bond acceptors (Lipinski definition) is 3. The van der Waals surface area contributed by atoms with E-state index in [1.807, 2.05) is 0 Å². The van der Waals surface area contributed by atoms with Crippen molar-refractivity contribution in [3.05, 3.63) is 29.6 Å². The van der Waals surface area contributed by atoms with Crippen LogP contribution in [-0.2, 0) is 4.79 Å². The second kappa shape index (κ2) is 5.16. The predicted molar refractivity (Wildman–Crippen MR) is 56.3 cm³/mol. The smallest absolute Gasteiger partial charge is 0.364 e. The third-order valence-electron chi connectivity index (χ3n) is 1.91. The Hall–Kier alpha value is -2.04. The summed E-state index contributed by atoms with van der Waals surface area (Å²) in [6, 6.07) is 4.59. The molecule has 1 rings (SSSR count). The molecule has 1 aromatic carbocycles. The van der Waals surface area contributed by atoms with E-state index in [-0.39, 0.29) is 0 Å². The van der Waals surface area contributed by atoms with Gasteiger partial charge in [0.25, 0.3) is 0 Å². The lowest BCUT2D eigenvalue weighted by molar-refractivity contribution is -0.134. The van der Waals surface area contributed by atoms with E-state index < -0.39 is 11.8 Å². The lowest BCUT2D eigenvalue weighted by Crippen LogP contribution is -1.95.